The SMILES string of the molecule is O=C(O)C1CN(C(=O)c2ccc(O)cc2)CCO1. The Morgan fingerprint density at radius 3 is 2.56 bits per heavy atom. The number of carboxylic acid groups (broad SMARTS) is 1. The summed E-state index contributed by atoms with van der Waals surface area (Å²) in [6.45, 7) is 0.610. The Balaban J connectivity index is 2.09. The number of rotatable bonds is 2. The summed E-state index contributed by atoms with van der Waals surface area (Å²) < 4.78 is 5.04. The topological polar surface area (TPSA) is 87.1 Å². The average Bonchev–Trinajstić information content (AvgIpc) is 2.39. The van der Waals surface area contributed by atoms with Crippen LogP contribution in [0.3, 0.4) is 0 Å². The van der Waals surface area contributed by atoms with Crippen LogP contribution in [0.2, 0.25) is 0 Å². The molecular weight excluding hydrogens is 238 g/mol. The number of aromatic hydroxyl groups is 1. The quantitative estimate of drug-likeness (QED) is 0.790. The predicted octanol–water partition coefficient (Wildman–Crippen LogP) is 0.318. The number of hydrogen-bond acceptors (Lipinski definition) is 4. The first-order valence-corrected chi connectivity index (χ1v) is 5.50. The molecule has 1 aromatic rings. The van der Waals surface area contributed by atoms with Gasteiger partial charge in [-0.25, -0.2) is 4.79 Å². The lowest BCUT2D eigenvalue weighted by atomic mass is 10.1. The molecule has 6 nitrogen and oxygen atoms in total. The first-order valence-electron chi connectivity index (χ1n) is 5.50. The van der Waals surface area contributed by atoms with Gasteiger partial charge in [0.2, 0.25) is 0 Å². The number of carbonyl (C=O) groups excluding carboxylic acids is 1. The normalized spacial score (nSPS) is 19.6. The van der Waals surface area contributed by atoms with E-state index in [1.807, 2.05) is 0 Å². The van der Waals surface area contributed by atoms with Crippen molar-refractivity contribution in [1.29, 1.82) is 0 Å². The Morgan fingerprint density at radius 2 is 1.94 bits per heavy atom. The molecule has 0 bridgehead atoms. The molecule has 1 saturated heterocycles. The van der Waals surface area contributed by atoms with Gasteiger partial charge in [-0.1, -0.05) is 0 Å². The number of phenolic OH excluding ortho intramolecular Hbond substituents is 1. The van der Waals surface area contributed by atoms with Gasteiger partial charge in [-0.2, -0.15) is 0 Å². The van der Waals surface area contributed by atoms with Gasteiger partial charge in [0.15, 0.2) is 6.10 Å². The molecule has 2 N–H and O–H groups in total. The molecule has 18 heavy (non-hydrogen) atoms. The van der Waals surface area contributed by atoms with Crippen molar-refractivity contribution in [2.75, 3.05) is 19.7 Å². The third-order valence-corrected chi connectivity index (χ3v) is 2.74. The van der Waals surface area contributed by atoms with E-state index in [0.717, 1.165) is 0 Å². The second kappa shape index (κ2) is 5.05. The summed E-state index contributed by atoms with van der Waals surface area (Å²) in [5.41, 5.74) is 0.416. The maximum absolute atomic E-state index is 12.1. The van der Waals surface area contributed by atoms with Crippen LogP contribution in [0, 0.1) is 0 Å². The lowest BCUT2D eigenvalue weighted by Gasteiger charge is -2.30. The number of nitrogens with zero attached hydrogens (tertiary/aromatic N) is 1. The van der Waals surface area contributed by atoms with Crippen LogP contribution in [0.5, 0.6) is 5.75 Å². The minimum atomic E-state index is -1.07. The molecule has 96 valence electrons. The van der Waals surface area contributed by atoms with Gasteiger partial charge in [0.05, 0.1) is 13.2 Å². The number of ether oxygens (including phenoxy) is 1. The van der Waals surface area contributed by atoms with E-state index in [1.54, 1.807) is 0 Å². The molecule has 1 aliphatic rings. The van der Waals surface area contributed by atoms with Crippen LogP contribution in [-0.4, -0.2) is 52.8 Å². The monoisotopic (exact) mass is 251 g/mol. The van der Waals surface area contributed by atoms with Gasteiger partial charge in [0.1, 0.15) is 5.75 Å². The average molecular weight is 251 g/mol. The summed E-state index contributed by atoms with van der Waals surface area (Å²) in [7, 11) is 0. The van der Waals surface area contributed by atoms with E-state index in [-0.39, 0.29) is 24.8 Å². The van der Waals surface area contributed by atoms with Gasteiger partial charge < -0.3 is 19.8 Å². The highest BCUT2D eigenvalue weighted by Crippen LogP contribution is 2.14. The number of morpholine rings is 1. The molecule has 0 aliphatic carbocycles. The minimum absolute atomic E-state index is 0.0367. The molecule has 1 unspecified atom stereocenters. The summed E-state index contributed by atoms with van der Waals surface area (Å²) in [5, 5.41) is 18.0. The Hall–Kier alpha value is -2.08. The van der Waals surface area contributed by atoms with Gasteiger partial charge >= 0.3 is 5.97 Å². The van der Waals surface area contributed by atoms with Gasteiger partial charge in [-0.05, 0) is 24.3 Å². The standard InChI is InChI=1S/C12H13NO5/c14-9-3-1-8(2-4-9)11(15)13-5-6-18-10(7-13)12(16)17/h1-4,10,14H,5-7H2,(H,16,17). The smallest absolute Gasteiger partial charge is 0.334 e. The maximum atomic E-state index is 12.1. The molecule has 1 fully saturated rings. The maximum Gasteiger partial charge on any atom is 0.334 e. The molecule has 2 rings (SSSR count). The van der Waals surface area contributed by atoms with E-state index in [0.29, 0.717) is 12.1 Å². The van der Waals surface area contributed by atoms with Crippen molar-refractivity contribution in [2.24, 2.45) is 0 Å². The fourth-order valence-corrected chi connectivity index (χ4v) is 1.77. The zero-order chi connectivity index (χ0) is 13.1. The summed E-state index contributed by atoms with van der Waals surface area (Å²) >= 11 is 0. The molecule has 0 radical (unpaired) electrons. The number of carboxylic acids is 1. The molecule has 0 aromatic heterocycles. The van der Waals surface area contributed by atoms with Crippen molar-refractivity contribution in [1.82, 2.24) is 4.90 Å². The summed E-state index contributed by atoms with van der Waals surface area (Å²) in [4.78, 5) is 24.3. The number of carbonyl (C=O) groups is 2. The first-order chi connectivity index (χ1) is 8.58. The van der Waals surface area contributed by atoms with Crippen molar-refractivity contribution in [3.05, 3.63) is 29.8 Å². The van der Waals surface area contributed by atoms with E-state index in [2.05, 4.69) is 0 Å². The lowest BCUT2D eigenvalue weighted by molar-refractivity contribution is -0.154. The molecule has 1 aromatic carbocycles. The van der Waals surface area contributed by atoms with Gasteiger partial charge in [-0.15, -0.1) is 0 Å². The molecule has 1 aliphatic heterocycles. The third kappa shape index (κ3) is 2.60. The highest BCUT2D eigenvalue weighted by Gasteiger charge is 2.29. The van der Waals surface area contributed by atoms with Crippen molar-refractivity contribution < 1.29 is 24.5 Å². The first kappa shape index (κ1) is 12.4. The van der Waals surface area contributed by atoms with Crippen molar-refractivity contribution in [3.8, 4) is 5.75 Å². The van der Waals surface area contributed by atoms with Crippen LogP contribution >= 0.6 is 0 Å². The van der Waals surface area contributed by atoms with Crippen LogP contribution in [0.15, 0.2) is 24.3 Å². The van der Waals surface area contributed by atoms with Crippen LogP contribution in [-0.2, 0) is 9.53 Å². The fourth-order valence-electron chi connectivity index (χ4n) is 1.77. The fraction of sp³-hybridized carbons (Fsp3) is 0.333. The molecule has 1 atom stereocenters. The van der Waals surface area contributed by atoms with Crippen LogP contribution in [0.1, 0.15) is 10.4 Å². The number of benzene rings is 1. The van der Waals surface area contributed by atoms with Crippen LogP contribution in [0.25, 0.3) is 0 Å². The third-order valence-electron chi connectivity index (χ3n) is 2.74. The van der Waals surface area contributed by atoms with Gasteiger partial charge in [0.25, 0.3) is 5.91 Å². The van der Waals surface area contributed by atoms with Crippen molar-refractivity contribution >= 4 is 11.9 Å². The van der Waals surface area contributed by atoms with Crippen LogP contribution < -0.4 is 0 Å². The number of aliphatic carboxylic acids is 1. The highest BCUT2D eigenvalue weighted by molar-refractivity contribution is 5.94. The molecule has 1 amide bonds. The van der Waals surface area contributed by atoms with E-state index in [9.17, 15) is 9.59 Å². The summed E-state index contributed by atoms with van der Waals surface area (Å²) in [6.07, 6.45) is -0.972. The summed E-state index contributed by atoms with van der Waals surface area (Å²) in [6, 6.07) is 5.84. The zero-order valence-corrected chi connectivity index (χ0v) is 9.57. The number of phenols is 1. The van der Waals surface area contributed by atoms with Crippen LogP contribution in [0.4, 0.5) is 0 Å². The highest BCUT2D eigenvalue weighted by atomic mass is 16.5. The Bertz CT molecular complexity index is 456. The molecular formula is C12H13NO5. The molecule has 1 heterocycles. The Morgan fingerprint density at radius 1 is 1.28 bits per heavy atom. The van der Waals surface area contributed by atoms with E-state index < -0.39 is 12.1 Å². The largest absolute Gasteiger partial charge is 0.508 e. The van der Waals surface area contributed by atoms with E-state index in [4.69, 9.17) is 14.9 Å². The van der Waals surface area contributed by atoms with E-state index >= 15 is 0 Å². The lowest BCUT2D eigenvalue weighted by Crippen LogP contribution is -2.48. The van der Waals surface area contributed by atoms with E-state index in [1.165, 1.54) is 29.2 Å². The molecule has 0 spiro atoms. The van der Waals surface area contributed by atoms with Crippen molar-refractivity contribution in [2.45, 2.75) is 6.10 Å². The number of hydrogen-bond donors (Lipinski definition) is 2. The molecule has 6 heteroatoms. The predicted molar refractivity (Wildman–Crippen MR) is 61.4 cm³/mol. The number of amides is 1. The van der Waals surface area contributed by atoms with Gasteiger partial charge in [0, 0.05) is 12.1 Å². The second-order valence-electron chi connectivity index (χ2n) is 4.00. The Labute approximate surface area is 103 Å². The van der Waals surface area contributed by atoms with Crippen molar-refractivity contribution in [3.63, 3.8) is 0 Å². The van der Waals surface area contributed by atoms with Gasteiger partial charge in [-0.3, -0.25) is 4.79 Å². The second-order valence-corrected chi connectivity index (χ2v) is 4.00. The Kier molecular flexibility index (Phi) is 3.47. The minimum Gasteiger partial charge on any atom is -0.508 e. The zero-order valence-electron chi connectivity index (χ0n) is 9.57. The summed E-state index contributed by atoms with van der Waals surface area (Å²) in [5.74, 6) is -1.25. The molecule has 0 saturated carbocycles.